The molecule has 1 aliphatic heterocycles. The summed E-state index contributed by atoms with van der Waals surface area (Å²) in [4.78, 5) is 122. The Morgan fingerprint density at radius 3 is 1.71 bits per heavy atom. The number of carbonyl (C=O) groups excluding carboxylic acids is 4. The van der Waals surface area contributed by atoms with E-state index >= 15 is 0 Å². The number of primary amides is 1. The highest BCUT2D eigenvalue weighted by atomic mass is 127. The molecule has 31 nitrogen and oxygen atoms in total. The number of fused-ring (bicyclic) bond motifs is 2. The molecule has 0 saturated carbocycles. The van der Waals surface area contributed by atoms with E-state index in [1.165, 1.54) is 27.3 Å². The van der Waals surface area contributed by atoms with Crippen molar-refractivity contribution in [2.45, 2.75) is 103 Å². The second-order valence-corrected chi connectivity index (χ2v) is 36.9. The number of pyridine rings is 6. The quantitative estimate of drug-likeness (QED) is 0.00782. The van der Waals surface area contributed by atoms with Gasteiger partial charge in [0.25, 0.3) is 11.6 Å². The number of anilines is 3. The number of amides is 4. The summed E-state index contributed by atoms with van der Waals surface area (Å²) in [6.45, 7) is 15.8. The molecule has 33 heteroatoms. The fraction of sp³-hybridized carbons (Fsp3) is 0.245. The summed E-state index contributed by atoms with van der Waals surface area (Å²) in [6, 6.07) is 73.6. The van der Waals surface area contributed by atoms with Gasteiger partial charge in [-0.25, -0.2) is 18.0 Å². The number of hydroxylamine groups is 2. The fourth-order valence-corrected chi connectivity index (χ4v) is 18.3. The van der Waals surface area contributed by atoms with Gasteiger partial charge in [0, 0.05) is 144 Å². The first-order valence-electron chi connectivity index (χ1n) is 46.5. The average Bonchev–Trinajstić information content (AvgIpc) is 0.734. The second kappa shape index (κ2) is 53.5. The standard InChI is InChI=1S/C26H34N4O2.C24H21N3O4.C24H22N2O2.C18H19IN4O3.C18H22N4O3S/c1-29(21-23-9-6-13-26(19-23)31-2)32-18-8-15-27-16-17-30(25-11-4-3-5-12-25)22-24-10-7-14-28-20-24;1-14-11-19-20(15(2)18(14)12-16-7-6-10-25-13-16)23(30)31-24(26-19)27-21(22(28)29)17-8-4-3-5-9-17;1-15-12-21-22(16(2)20(15)13-18-8-7-11-25-14-18)26(19-9-5-4-6-10-19)24(28)17(3)23(21)27;19-10-15(24)23-16(13-6-2-1-3-7-13)18(26)22-14(17(20)25)9-12-5-4-8-21-11-12;1-21-10-11-22(26(24,25)14-15-6-5-9-19-12-15)17(13-21)18(23)20-16-7-3-2-4-8-16/h3-7,9-14,19-20,27H,8,15-18,21-22H2,1-2H3;3-11,13,21H,12H2,1-2H3,(H,26,27)(H,28,29);4-12,14,27H,13H2,1-3H3;1-8,11,14,16H,9-10H2,(H2,20,25)(H,22,26)(H,23,24);2-9,12,17H,10-11,13-14H2,1H3,(H,20,23). The van der Waals surface area contributed by atoms with Gasteiger partial charge in [-0.1, -0.05) is 180 Å². The van der Waals surface area contributed by atoms with Crippen molar-refractivity contribution < 1.29 is 56.6 Å². The minimum absolute atomic E-state index is 0.0614. The van der Waals surface area contributed by atoms with E-state index < -0.39 is 57.6 Å². The van der Waals surface area contributed by atoms with Gasteiger partial charge in [-0.15, -0.1) is 0 Å². The van der Waals surface area contributed by atoms with E-state index in [4.69, 9.17) is 19.7 Å². The number of aromatic nitrogens is 7. The third-order valence-electron chi connectivity index (χ3n) is 23.7. The number of piperazine rings is 1. The molecule has 8 aromatic carbocycles. The number of rotatable bonds is 36. The Kier molecular flexibility index (Phi) is 39.9. The molecule has 740 valence electrons. The highest BCUT2D eigenvalue weighted by molar-refractivity contribution is 14.1. The molecule has 4 unspecified atom stereocenters. The molecular formula is C110H118IN17O14S. The summed E-state index contributed by atoms with van der Waals surface area (Å²) < 4.78 is 39.7. The average molecular weight is 2060 g/mol. The molecule has 15 aromatic rings. The fourth-order valence-electron chi connectivity index (χ4n) is 16.4. The predicted octanol–water partition coefficient (Wildman–Crippen LogP) is 14.8. The van der Waals surface area contributed by atoms with Crippen molar-refractivity contribution in [2.75, 3.05) is 87.0 Å². The monoisotopic (exact) mass is 2060 g/mol. The van der Waals surface area contributed by atoms with Crippen LogP contribution in [0.1, 0.15) is 102 Å². The first kappa shape index (κ1) is 107. The SMILES string of the molecule is CN1CCN(S(=O)(=O)Cc2cccnc2)C(C(=O)Nc2ccccc2)C1.COc1cccc(CN(C)OCCCNCCN(Cc2cccnc2)c2ccccc2)c1.Cc1cc2c(O)c(C)c(=O)n(-c3ccccc3)c2c(C)c1Cc1cccnc1.Cc1cc2nc(NC(C(=O)O)c3ccccc3)oc(=O)c2c(C)c1Cc1cccnc1.NC(=O)C(Cc1cccnc1)NC(=O)C(NC(=O)CI)c1ccccc1. The number of likely N-dealkylation sites (N-methyl/N-ethyl adjacent to an activating group) is 1. The lowest BCUT2D eigenvalue weighted by Crippen LogP contribution is -2.58. The summed E-state index contributed by atoms with van der Waals surface area (Å²) in [5.74, 6) is -2.10. The molecule has 16 rings (SSSR count). The van der Waals surface area contributed by atoms with E-state index in [9.17, 15) is 52.2 Å². The largest absolute Gasteiger partial charge is 0.507 e. The van der Waals surface area contributed by atoms with Gasteiger partial charge in [0.15, 0.2) is 6.04 Å². The zero-order valence-electron chi connectivity index (χ0n) is 80.9. The van der Waals surface area contributed by atoms with Gasteiger partial charge in [0.05, 0.1) is 45.9 Å². The summed E-state index contributed by atoms with van der Waals surface area (Å²) in [7, 11) is 1.89. The molecule has 1 aliphatic rings. The van der Waals surface area contributed by atoms with Gasteiger partial charge >= 0.3 is 11.6 Å². The van der Waals surface area contributed by atoms with Gasteiger partial charge in [-0.2, -0.15) is 14.4 Å². The molecule has 0 aliphatic carbocycles. The topological polar surface area (TPSA) is 407 Å². The Hall–Kier alpha value is -15.1. The zero-order chi connectivity index (χ0) is 102. The van der Waals surface area contributed by atoms with Gasteiger partial charge < -0.3 is 61.5 Å². The number of nitrogens with two attached hydrogens (primary N) is 1. The molecule has 1 saturated heterocycles. The number of halogens is 1. The summed E-state index contributed by atoms with van der Waals surface area (Å²) in [5.41, 5.74) is 22.0. The molecule has 0 bridgehead atoms. The van der Waals surface area contributed by atoms with Crippen LogP contribution in [-0.2, 0) is 76.9 Å². The number of aromatic hydroxyl groups is 1. The Labute approximate surface area is 845 Å². The van der Waals surface area contributed by atoms with Crippen molar-refractivity contribution in [3.63, 3.8) is 0 Å². The van der Waals surface area contributed by atoms with Crippen LogP contribution in [0.4, 0.5) is 17.4 Å². The number of hydrogen-bond donors (Lipinski definition) is 8. The van der Waals surface area contributed by atoms with Crippen molar-refractivity contribution in [2.24, 2.45) is 5.73 Å². The number of para-hydroxylation sites is 3. The van der Waals surface area contributed by atoms with Crippen molar-refractivity contribution in [3.8, 4) is 17.2 Å². The predicted molar refractivity (Wildman–Crippen MR) is 565 cm³/mol. The number of carboxylic acids is 1. The van der Waals surface area contributed by atoms with Crippen LogP contribution in [0.25, 0.3) is 27.5 Å². The third kappa shape index (κ3) is 30.9. The van der Waals surface area contributed by atoms with E-state index in [0.717, 1.165) is 113 Å². The van der Waals surface area contributed by atoms with Gasteiger partial charge in [0.1, 0.15) is 29.6 Å². The molecule has 1 fully saturated rings. The van der Waals surface area contributed by atoms with Crippen LogP contribution in [0.3, 0.4) is 0 Å². The number of aliphatic carboxylic acids is 1. The van der Waals surface area contributed by atoms with Crippen molar-refractivity contribution in [1.29, 1.82) is 0 Å². The lowest BCUT2D eigenvalue weighted by atomic mass is 9.93. The summed E-state index contributed by atoms with van der Waals surface area (Å²) in [6.07, 6.45) is 19.8. The molecule has 4 atom stereocenters. The maximum atomic E-state index is 13.1. The molecule has 0 radical (unpaired) electrons. The summed E-state index contributed by atoms with van der Waals surface area (Å²) >= 11 is 1.92. The third-order valence-corrected chi connectivity index (χ3v) is 26.3. The molecule has 7 aromatic heterocycles. The van der Waals surface area contributed by atoms with Gasteiger partial charge in [-0.3, -0.25) is 58.3 Å². The van der Waals surface area contributed by atoms with E-state index in [-0.39, 0.29) is 52.3 Å². The van der Waals surface area contributed by atoms with Crippen LogP contribution >= 0.6 is 22.6 Å². The maximum Gasteiger partial charge on any atom is 0.348 e. The number of ether oxygens (including phenoxy) is 1. The Morgan fingerprint density at radius 1 is 0.601 bits per heavy atom. The number of alkyl halides is 1. The maximum absolute atomic E-state index is 13.1. The lowest BCUT2D eigenvalue weighted by Gasteiger charge is -2.38. The molecular weight excluding hydrogens is 1940 g/mol. The second-order valence-electron chi connectivity index (χ2n) is 34.2. The van der Waals surface area contributed by atoms with Crippen LogP contribution in [0.5, 0.6) is 11.5 Å². The number of hydrogen-bond acceptors (Lipinski definition) is 24. The van der Waals surface area contributed by atoms with Gasteiger partial charge in [-0.05, 0) is 236 Å². The number of carboxylic acid groups (broad SMARTS) is 1. The number of benzene rings is 8. The Morgan fingerprint density at radius 2 is 1.14 bits per heavy atom. The van der Waals surface area contributed by atoms with E-state index in [0.29, 0.717) is 70.3 Å². The van der Waals surface area contributed by atoms with Crippen molar-refractivity contribution >= 4 is 101 Å². The lowest BCUT2D eigenvalue weighted by molar-refractivity contribution is -0.147. The number of nitrogens with one attached hydrogen (secondary N) is 5. The number of carbonyl (C=O) groups is 5. The van der Waals surface area contributed by atoms with E-state index in [1.807, 2.05) is 208 Å². The first-order valence-corrected chi connectivity index (χ1v) is 49.6. The van der Waals surface area contributed by atoms with E-state index in [1.54, 1.807) is 147 Å². The summed E-state index contributed by atoms with van der Waals surface area (Å²) in [5, 5.41) is 37.7. The molecule has 0 spiro atoms. The normalized spacial score (nSPS) is 13.0. The zero-order valence-corrected chi connectivity index (χ0v) is 83.9. The van der Waals surface area contributed by atoms with Gasteiger partial charge in [0.2, 0.25) is 33.7 Å². The van der Waals surface area contributed by atoms with Crippen LogP contribution < -0.4 is 53.1 Å². The number of aryl methyl sites for hydroxylation is 4. The van der Waals surface area contributed by atoms with Crippen LogP contribution in [0.2, 0.25) is 0 Å². The number of sulfonamides is 1. The van der Waals surface area contributed by atoms with Crippen molar-refractivity contribution in [3.05, 3.63) is 415 Å². The number of methoxy groups -OCH3 is 1. The highest BCUT2D eigenvalue weighted by Gasteiger charge is 2.39. The Bertz CT molecular complexity index is 6940. The minimum atomic E-state index is -3.64. The minimum Gasteiger partial charge on any atom is -0.507 e. The smallest absolute Gasteiger partial charge is 0.348 e. The Balaban J connectivity index is 0.000000160. The molecule has 4 amide bonds. The highest BCUT2D eigenvalue weighted by Crippen LogP contribution is 2.36. The van der Waals surface area contributed by atoms with Crippen LogP contribution in [0.15, 0.2) is 325 Å². The number of nitrogens with zero attached hydrogens (tertiary/aromatic N) is 11. The molecule has 8 heterocycles. The van der Waals surface area contributed by atoms with Crippen LogP contribution in [-0.4, -0.2) is 181 Å². The molecule has 9 N–H and O–H groups in total. The van der Waals surface area contributed by atoms with Crippen molar-refractivity contribution in [1.82, 2.24) is 64.7 Å². The first-order chi connectivity index (χ1) is 69.1. The van der Waals surface area contributed by atoms with E-state index in [2.05, 4.69) is 104 Å². The molecule has 143 heavy (non-hydrogen) atoms. The van der Waals surface area contributed by atoms with Crippen LogP contribution in [0, 0.1) is 34.6 Å².